The van der Waals surface area contributed by atoms with E-state index in [0.29, 0.717) is 23.5 Å². The van der Waals surface area contributed by atoms with Crippen LogP contribution < -0.4 is 5.32 Å². The van der Waals surface area contributed by atoms with E-state index < -0.39 is 0 Å². The third-order valence-corrected chi connectivity index (χ3v) is 3.96. The molecule has 1 amide bonds. The van der Waals surface area contributed by atoms with Gasteiger partial charge in [-0.05, 0) is 32.3 Å². The van der Waals surface area contributed by atoms with Gasteiger partial charge in [0.15, 0.2) is 0 Å². The number of benzene rings is 2. The fourth-order valence-corrected chi connectivity index (χ4v) is 2.68. The summed E-state index contributed by atoms with van der Waals surface area (Å²) in [6.45, 7) is 1.27. The quantitative estimate of drug-likeness (QED) is 0.742. The molecule has 1 heterocycles. The monoisotopic (exact) mass is 352 g/mol. The van der Waals surface area contributed by atoms with Crippen LogP contribution >= 0.6 is 0 Å². The average molecular weight is 352 g/mol. The molecule has 0 unspecified atom stereocenters. The summed E-state index contributed by atoms with van der Waals surface area (Å²) in [5, 5.41) is 7.26. The molecule has 6 heteroatoms. The van der Waals surface area contributed by atoms with Gasteiger partial charge in [-0.15, -0.1) is 0 Å². The molecule has 0 saturated heterocycles. The number of rotatable bonds is 6. The van der Waals surface area contributed by atoms with Gasteiger partial charge < -0.3 is 10.2 Å². The first kappa shape index (κ1) is 17.8. The van der Waals surface area contributed by atoms with Crippen LogP contribution in [0.1, 0.15) is 10.4 Å². The van der Waals surface area contributed by atoms with Crippen LogP contribution in [-0.2, 0) is 0 Å². The van der Waals surface area contributed by atoms with Crippen molar-refractivity contribution < 1.29 is 9.18 Å². The van der Waals surface area contributed by atoms with Crippen molar-refractivity contribution in [3.05, 3.63) is 72.2 Å². The maximum atomic E-state index is 13.7. The summed E-state index contributed by atoms with van der Waals surface area (Å²) in [5.74, 6) is -0.553. The summed E-state index contributed by atoms with van der Waals surface area (Å²) in [6, 6.07) is 15.7. The van der Waals surface area contributed by atoms with Crippen LogP contribution in [0.15, 0.2) is 60.8 Å². The van der Waals surface area contributed by atoms with Crippen LogP contribution in [-0.4, -0.2) is 47.8 Å². The minimum Gasteiger partial charge on any atom is -0.351 e. The first-order valence-electron chi connectivity index (χ1n) is 8.38. The number of carbonyl (C=O) groups is 1. The standard InChI is InChI=1S/C20H21FN4O/c1-24(2)12-11-22-20(26)18-14-23-25(17-10-6-9-16(21)13-17)19(18)15-7-4-3-5-8-15/h3-10,13-14H,11-12H2,1-2H3,(H,22,26). The Labute approximate surface area is 152 Å². The van der Waals surface area contributed by atoms with E-state index >= 15 is 0 Å². The van der Waals surface area contributed by atoms with Gasteiger partial charge in [-0.3, -0.25) is 4.79 Å². The highest BCUT2D eigenvalue weighted by Crippen LogP contribution is 2.26. The lowest BCUT2D eigenvalue weighted by Crippen LogP contribution is -2.31. The third-order valence-electron chi connectivity index (χ3n) is 3.96. The van der Waals surface area contributed by atoms with E-state index in [0.717, 1.165) is 12.1 Å². The summed E-state index contributed by atoms with van der Waals surface area (Å²) in [6.07, 6.45) is 1.53. The first-order chi connectivity index (χ1) is 12.6. The largest absolute Gasteiger partial charge is 0.351 e. The number of halogens is 1. The van der Waals surface area contributed by atoms with Crippen LogP contribution in [0.25, 0.3) is 16.9 Å². The third kappa shape index (κ3) is 3.97. The van der Waals surface area contributed by atoms with Gasteiger partial charge in [0, 0.05) is 18.7 Å². The fourth-order valence-electron chi connectivity index (χ4n) is 2.68. The molecule has 0 fully saturated rings. The van der Waals surface area contributed by atoms with Gasteiger partial charge in [0.05, 0.1) is 23.1 Å². The van der Waals surface area contributed by atoms with Crippen LogP contribution in [0, 0.1) is 5.82 Å². The topological polar surface area (TPSA) is 50.2 Å². The zero-order valence-corrected chi connectivity index (χ0v) is 14.8. The molecule has 0 aliphatic rings. The van der Waals surface area contributed by atoms with E-state index in [1.54, 1.807) is 16.8 Å². The highest BCUT2D eigenvalue weighted by molar-refractivity contribution is 6.00. The van der Waals surface area contributed by atoms with Crippen LogP contribution in [0.2, 0.25) is 0 Å². The lowest BCUT2D eigenvalue weighted by molar-refractivity contribution is 0.0951. The van der Waals surface area contributed by atoms with E-state index in [9.17, 15) is 9.18 Å². The van der Waals surface area contributed by atoms with E-state index in [-0.39, 0.29) is 11.7 Å². The molecule has 0 saturated carbocycles. The number of hydrogen-bond donors (Lipinski definition) is 1. The second kappa shape index (κ2) is 7.93. The Kier molecular flexibility index (Phi) is 5.43. The molecule has 2 aromatic carbocycles. The SMILES string of the molecule is CN(C)CCNC(=O)c1cnn(-c2cccc(F)c2)c1-c1ccccc1. The summed E-state index contributed by atoms with van der Waals surface area (Å²) < 4.78 is 15.3. The Bertz CT molecular complexity index is 890. The van der Waals surface area contributed by atoms with Crippen molar-refractivity contribution in [2.24, 2.45) is 0 Å². The molecule has 0 spiro atoms. The Morgan fingerprint density at radius 3 is 2.62 bits per heavy atom. The number of nitrogens with zero attached hydrogens (tertiary/aromatic N) is 3. The number of amides is 1. The Morgan fingerprint density at radius 2 is 1.92 bits per heavy atom. The van der Waals surface area contributed by atoms with E-state index in [4.69, 9.17) is 0 Å². The predicted octanol–water partition coefficient (Wildman–Crippen LogP) is 2.97. The van der Waals surface area contributed by atoms with Crippen molar-refractivity contribution in [1.82, 2.24) is 20.0 Å². The van der Waals surface area contributed by atoms with Gasteiger partial charge in [-0.1, -0.05) is 36.4 Å². The van der Waals surface area contributed by atoms with Crippen LogP contribution in [0.4, 0.5) is 4.39 Å². The Hall–Kier alpha value is -2.99. The number of aromatic nitrogens is 2. The Morgan fingerprint density at radius 1 is 1.15 bits per heavy atom. The second-order valence-electron chi connectivity index (χ2n) is 6.22. The lowest BCUT2D eigenvalue weighted by Gasteiger charge is -2.12. The Balaban J connectivity index is 2.01. The number of nitrogens with one attached hydrogen (secondary N) is 1. The molecule has 0 aliphatic carbocycles. The summed E-state index contributed by atoms with van der Waals surface area (Å²) >= 11 is 0. The number of hydrogen-bond acceptors (Lipinski definition) is 3. The zero-order valence-electron chi connectivity index (χ0n) is 14.8. The minimum atomic E-state index is -0.353. The van der Waals surface area contributed by atoms with Crippen molar-refractivity contribution in [3.63, 3.8) is 0 Å². The maximum Gasteiger partial charge on any atom is 0.255 e. The fraction of sp³-hybridized carbons (Fsp3) is 0.200. The molecule has 3 aromatic rings. The molecule has 0 bridgehead atoms. The summed E-state index contributed by atoms with van der Waals surface area (Å²) in [5.41, 5.74) is 2.50. The molecule has 1 N–H and O–H groups in total. The zero-order chi connectivity index (χ0) is 18.5. The molecule has 3 rings (SSSR count). The van der Waals surface area contributed by atoms with E-state index in [2.05, 4.69) is 10.4 Å². The van der Waals surface area contributed by atoms with E-state index in [1.165, 1.54) is 18.3 Å². The smallest absolute Gasteiger partial charge is 0.255 e. The molecule has 26 heavy (non-hydrogen) atoms. The molecule has 0 aliphatic heterocycles. The van der Waals surface area contributed by atoms with Crippen molar-refractivity contribution in [2.75, 3.05) is 27.2 Å². The minimum absolute atomic E-state index is 0.201. The molecule has 134 valence electrons. The van der Waals surface area contributed by atoms with Crippen molar-refractivity contribution in [2.45, 2.75) is 0 Å². The van der Waals surface area contributed by atoms with Crippen molar-refractivity contribution in [1.29, 1.82) is 0 Å². The van der Waals surface area contributed by atoms with Gasteiger partial charge >= 0.3 is 0 Å². The second-order valence-corrected chi connectivity index (χ2v) is 6.22. The molecule has 0 radical (unpaired) electrons. The molecular weight excluding hydrogens is 331 g/mol. The van der Waals surface area contributed by atoms with Crippen molar-refractivity contribution in [3.8, 4) is 16.9 Å². The van der Waals surface area contributed by atoms with Gasteiger partial charge in [-0.2, -0.15) is 5.10 Å². The highest BCUT2D eigenvalue weighted by Gasteiger charge is 2.20. The summed E-state index contributed by atoms with van der Waals surface area (Å²) in [4.78, 5) is 14.7. The van der Waals surface area contributed by atoms with Crippen molar-refractivity contribution >= 4 is 5.91 Å². The molecule has 5 nitrogen and oxygen atoms in total. The molecular formula is C20H21FN4O. The van der Waals surface area contributed by atoms with Gasteiger partial charge in [0.25, 0.3) is 5.91 Å². The summed E-state index contributed by atoms with van der Waals surface area (Å²) in [7, 11) is 3.90. The van der Waals surface area contributed by atoms with Gasteiger partial charge in [0.1, 0.15) is 5.82 Å². The van der Waals surface area contributed by atoms with Gasteiger partial charge in [-0.25, -0.2) is 9.07 Å². The predicted molar refractivity (Wildman–Crippen MR) is 99.8 cm³/mol. The normalized spacial score (nSPS) is 10.9. The van der Waals surface area contributed by atoms with E-state index in [1.807, 2.05) is 49.3 Å². The average Bonchev–Trinajstić information content (AvgIpc) is 3.07. The number of likely N-dealkylation sites (N-methyl/N-ethyl adjacent to an activating group) is 1. The first-order valence-corrected chi connectivity index (χ1v) is 8.38. The number of carbonyl (C=O) groups excluding carboxylic acids is 1. The highest BCUT2D eigenvalue weighted by atomic mass is 19.1. The molecule has 0 atom stereocenters. The van der Waals surface area contributed by atoms with Crippen LogP contribution in [0.3, 0.4) is 0 Å². The van der Waals surface area contributed by atoms with Crippen LogP contribution in [0.5, 0.6) is 0 Å². The lowest BCUT2D eigenvalue weighted by atomic mass is 10.1. The molecule has 1 aromatic heterocycles. The maximum absolute atomic E-state index is 13.7. The van der Waals surface area contributed by atoms with Gasteiger partial charge in [0.2, 0.25) is 0 Å².